The number of benzene rings is 2. The smallest absolute Gasteiger partial charge is 0.164 e. The molecule has 134 valence electrons. The fourth-order valence-electron chi connectivity index (χ4n) is 3.37. The molecule has 25 heavy (non-hydrogen) atoms. The predicted octanol–water partition coefficient (Wildman–Crippen LogP) is 3.72. The van der Waals surface area contributed by atoms with E-state index < -0.39 is 0 Å². The number of fused-ring (bicyclic) bond motifs is 1. The van der Waals surface area contributed by atoms with Gasteiger partial charge in [0.1, 0.15) is 11.5 Å². The molecule has 1 atom stereocenters. The Bertz CT molecular complexity index is 779. The molecule has 0 saturated heterocycles. The molecule has 0 aromatic heterocycles. The summed E-state index contributed by atoms with van der Waals surface area (Å²) in [6.45, 7) is 0.841. The maximum absolute atomic E-state index is 5.62. The van der Waals surface area contributed by atoms with Gasteiger partial charge < -0.3 is 24.3 Å². The number of hydrogen-bond donors (Lipinski definition) is 1. The van der Waals surface area contributed by atoms with Crippen LogP contribution in [-0.2, 0) is 6.42 Å². The monoisotopic (exact) mass is 407 g/mol. The van der Waals surface area contributed by atoms with E-state index in [9.17, 15) is 0 Å². The molecule has 1 aliphatic heterocycles. The predicted molar refractivity (Wildman–Crippen MR) is 100 cm³/mol. The van der Waals surface area contributed by atoms with E-state index in [2.05, 4.69) is 27.3 Å². The van der Waals surface area contributed by atoms with Crippen LogP contribution in [0.15, 0.2) is 28.7 Å². The molecular formula is C19H22BrNO4. The van der Waals surface area contributed by atoms with E-state index in [0.29, 0.717) is 0 Å². The minimum Gasteiger partial charge on any atom is -0.496 e. The summed E-state index contributed by atoms with van der Waals surface area (Å²) in [5.74, 6) is 3.08. The number of ether oxygens (including phenoxy) is 4. The molecule has 0 saturated carbocycles. The van der Waals surface area contributed by atoms with Crippen LogP contribution in [0.5, 0.6) is 23.0 Å². The average molecular weight is 408 g/mol. The maximum Gasteiger partial charge on any atom is 0.164 e. The summed E-state index contributed by atoms with van der Waals surface area (Å²) in [6.07, 6.45) is 0.881. The van der Waals surface area contributed by atoms with Crippen molar-refractivity contribution in [2.24, 2.45) is 0 Å². The molecule has 0 spiro atoms. The minimum atomic E-state index is 0.000659. The van der Waals surface area contributed by atoms with E-state index in [-0.39, 0.29) is 6.04 Å². The number of rotatable bonds is 5. The molecular weight excluding hydrogens is 386 g/mol. The van der Waals surface area contributed by atoms with E-state index in [0.717, 1.165) is 46.0 Å². The molecule has 0 aliphatic carbocycles. The minimum absolute atomic E-state index is 0.000659. The zero-order chi connectivity index (χ0) is 18.0. The quantitative estimate of drug-likeness (QED) is 0.818. The van der Waals surface area contributed by atoms with Gasteiger partial charge in [0.15, 0.2) is 11.5 Å². The highest BCUT2D eigenvalue weighted by Gasteiger charge is 2.28. The van der Waals surface area contributed by atoms with Crippen LogP contribution >= 0.6 is 15.9 Å². The van der Waals surface area contributed by atoms with Gasteiger partial charge in [-0.1, -0.05) is 6.07 Å². The third-order valence-corrected chi connectivity index (χ3v) is 5.15. The van der Waals surface area contributed by atoms with E-state index in [4.69, 9.17) is 18.9 Å². The van der Waals surface area contributed by atoms with Gasteiger partial charge in [-0.25, -0.2) is 0 Å². The van der Waals surface area contributed by atoms with E-state index >= 15 is 0 Å². The van der Waals surface area contributed by atoms with Crippen molar-refractivity contribution >= 4 is 15.9 Å². The van der Waals surface area contributed by atoms with E-state index in [1.54, 1.807) is 28.4 Å². The Kier molecular flexibility index (Phi) is 5.39. The van der Waals surface area contributed by atoms with Gasteiger partial charge in [0.25, 0.3) is 0 Å². The van der Waals surface area contributed by atoms with Crippen LogP contribution in [0.2, 0.25) is 0 Å². The van der Waals surface area contributed by atoms with Crippen molar-refractivity contribution in [3.63, 3.8) is 0 Å². The largest absolute Gasteiger partial charge is 0.496 e. The molecule has 0 fully saturated rings. The Morgan fingerprint density at radius 3 is 2.24 bits per heavy atom. The Labute approximate surface area is 156 Å². The normalized spacial score (nSPS) is 16.1. The van der Waals surface area contributed by atoms with Crippen molar-refractivity contribution < 1.29 is 18.9 Å². The first-order valence-electron chi connectivity index (χ1n) is 8.03. The lowest BCUT2D eigenvalue weighted by Gasteiger charge is -2.30. The first kappa shape index (κ1) is 17.9. The molecule has 1 N–H and O–H groups in total. The highest BCUT2D eigenvalue weighted by atomic mass is 79.9. The zero-order valence-corrected chi connectivity index (χ0v) is 16.4. The number of nitrogens with one attached hydrogen (secondary N) is 1. The molecule has 1 heterocycles. The van der Waals surface area contributed by atoms with E-state index in [1.165, 1.54) is 11.1 Å². The summed E-state index contributed by atoms with van der Waals surface area (Å²) in [4.78, 5) is 0. The van der Waals surface area contributed by atoms with Crippen LogP contribution in [0.4, 0.5) is 0 Å². The second kappa shape index (κ2) is 7.54. The van der Waals surface area contributed by atoms with Gasteiger partial charge in [-0.15, -0.1) is 0 Å². The summed E-state index contributed by atoms with van der Waals surface area (Å²) in [7, 11) is 6.65. The topological polar surface area (TPSA) is 49.0 Å². The summed E-state index contributed by atoms with van der Waals surface area (Å²) in [6, 6.07) is 7.98. The van der Waals surface area contributed by atoms with Gasteiger partial charge in [-0.3, -0.25) is 0 Å². The van der Waals surface area contributed by atoms with Crippen molar-refractivity contribution in [3.8, 4) is 23.0 Å². The molecule has 6 heteroatoms. The summed E-state index contributed by atoms with van der Waals surface area (Å²) >= 11 is 3.58. The highest BCUT2D eigenvalue weighted by Crippen LogP contribution is 2.43. The van der Waals surface area contributed by atoms with Gasteiger partial charge in [-0.2, -0.15) is 0 Å². The van der Waals surface area contributed by atoms with Crippen molar-refractivity contribution in [1.29, 1.82) is 0 Å². The second-order valence-electron chi connectivity index (χ2n) is 5.73. The fourth-order valence-corrected chi connectivity index (χ4v) is 3.90. The average Bonchev–Trinajstić information content (AvgIpc) is 2.66. The molecule has 0 amide bonds. The van der Waals surface area contributed by atoms with Crippen LogP contribution in [0.1, 0.15) is 22.7 Å². The lowest BCUT2D eigenvalue weighted by molar-refractivity contribution is 0.347. The Morgan fingerprint density at radius 2 is 1.60 bits per heavy atom. The standard InChI is InChI=1S/C19H22BrNO4/c1-22-15-6-5-11-12(19(15)25-4)7-8-21-18(11)13-9-14(20)17(24-3)10-16(13)23-2/h5-6,9-10,18,21H,7-8H2,1-4H3. The second-order valence-corrected chi connectivity index (χ2v) is 6.59. The van der Waals surface area contributed by atoms with Crippen molar-refractivity contribution in [2.45, 2.75) is 12.5 Å². The molecule has 2 aromatic rings. The summed E-state index contributed by atoms with van der Waals surface area (Å²) in [5.41, 5.74) is 3.38. The number of halogens is 1. The van der Waals surface area contributed by atoms with Crippen molar-refractivity contribution in [2.75, 3.05) is 35.0 Å². The Hall–Kier alpha value is -1.92. The van der Waals surface area contributed by atoms with Crippen LogP contribution < -0.4 is 24.3 Å². The van der Waals surface area contributed by atoms with Gasteiger partial charge in [0.05, 0.1) is 39.0 Å². The molecule has 1 unspecified atom stereocenters. The van der Waals surface area contributed by atoms with Gasteiger partial charge in [0.2, 0.25) is 0 Å². The maximum atomic E-state index is 5.62. The molecule has 5 nitrogen and oxygen atoms in total. The summed E-state index contributed by atoms with van der Waals surface area (Å²) < 4.78 is 23.0. The highest BCUT2D eigenvalue weighted by molar-refractivity contribution is 9.10. The molecule has 0 bridgehead atoms. The lowest BCUT2D eigenvalue weighted by atomic mass is 9.88. The number of methoxy groups -OCH3 is 4. The third-order valence-electron chi connectivity index (χ3n) is 4.53. The molecule has 0 radical (unpaired) electrons. The van der Waals surface area contributed by atoms with Crippen LogP contribution in [0, 0.1) is 0 Å². The van der Waals surface area contributed by atoms with Crippen LogP contribution in [-0.4, -0.2) is 35.0 Å². The molecule has 3 rings (SSSR count). The Morgan fingerprint density at radius 1 is 0.880 bits per heavy atom. The fraction of sp³-hybridized carbons (Fsp3) is 0.368. The first-order valence-corrected chi connectivity index (χ1v) is 8.82. The van der Waals surface area contributed by atoms with Crippen LogP contribution in [0.25, 0.3) is 0 Å². The lowest BCUT2D eigenvalue weighted by Crippen LogP contribution is -2.31. The number of hydrogen-bond acceptors (Lipinski definition) is 5. The third kappa shape index (κ3) is 3.16. The molecule has 2 aromatic carbocycles. The van der Waals surface area contributed by atoms with Gasteiger partial charge in [0, 0.05) is 23.7 Å². The van der Waals surface area contributed by atoms with Gasteiger partial charge in [-0.05, 0) is 40.0 Å². The van der Waals surface area contributed by atoms with Crippen LogP contribution in [0.3, 0.4) is 0 Å². The zero-order valence-electron chi connectivity index (χ0n) is 14.8. The SMILES string of the molecule is COc1cc(OC)c(C2NCCc3c2ccc(OC)c3OC)cc1Br. The summed E-state index contributed by atoms with van der Waals surface area (Å²) in [5, 5.41) is 3.58. The van der Waals surface area contributed by atoms with E-state index in [1.807, 2.05) is 18.2 Å². The van der Waals surface area contributed by atoms with Gasteiger partial charge >= 0.3 is 0 Å². The Balaban J connectivity index is 2.15. The van der Waals surface area contributed by atoms with Crippen molar-refractivity contribution in [3.05, 3.63) is 45.4 Å². The van der Waals surface area contributed by atoms with Crippen molar-refractivity contribution in [1.82, 2.24) is 5.32 Å². The first-order chi connectivity index (χ1) is 12.1. The molecule has 1 aliphatic rings.